The van der Waals surface area contributed by atoms with Gasteiger partial charge in [-0.05, 0) is 43.2 Å². The van der Waals surface area contributed by atoms with Gasteiger partial charge in [0.15, 0.2) is 0 Å². The summed E-state index contributed by atoms with van der Waals surface area (Å²) < 4.78 is 5.56. The lowest BCUT2D eigenvalue weighted by Gasteiger charge is -2.11. The van der Waals surface area contributed by atoms with E-state index in [1.165, 1.54) is 12.1 Å². The Hall–Kier alpha value is -2.11. The van der Waals surface area contributed by atoms with E-state index in [4.69, 9.17) is 16.3 Å². The van der Waals surface area contributed by atoms with Crippen LogP contribution in [0.15, 0.2) is 36.4 Å². The molecule has 21 heavy (non-hydrogen) atoms. The Labute approximate surface area is 126 Å². The molecule has 0 amide bonds. The highest BCUT2D eigenvalue weighted by Crippen LogP contribution is 2.34. The van der Waals surface area contributed by atoms with Gasteiger partial charge in [0.05, 0.1) is 16.0 Å². The quantitative estimate of drug-likeness (QED) is 0.671. The Morgan fingerprint density at radius 2 is 2.00 bits per heavy atom. The van der Waals surface area contributed by atoms with Gasteiger partial charge in [-0.15, -0.1) is 0 Å². The number of ether oxygens (including phenoxy) is 1. The first kappa shape index (κ1) is 15.3. The maximum absolute atomic E-state index is 11.0. The summed E-state index contributed by atoms with van der Waals surface area (Å²) in [6, 6.07) is 9.40. The zero-order valence-electron chi connectivity index (χ0n) is 11.5. The molecule has 1 unspecified atom stereocenters. The minimum Gasteiger partial charge on any atom is -0.450 e. The summed E-state index contributed by atoms with van der Waals surface area (Å²) in [6.45, 7) is 3.42. The summed E-state index contributed by atoms with van der Waals surface area (Å²) in [6.07, 6.45) is -0.695. The highest BCUT2D eigenvalue weighted by molar-refractivity contribution is 6.31. The number of rotatable bonds is 4. The molecule has 0 aliphatic rings. The Kier molecular flexibility index (Phi) is 4.45. The molecule has 0 aromatic heterocycles. The third kappa shape index (κ3) is 3.51. The van der Waals surface area contributed by atoms with Crippen molar-refractivity contribution < 1.29 is 14.8 Å². The van der Waals surface area contributed by atoms with Crippen molar-refractivity contribution >= 4 is 17.3 Å². The van der Waals surface area contributed by atoms with Gasteiger partial charge in [0.1, 0.15) is 5.75 Å². The Morgan fingerprint density at radius 1 is 1.29 bits per heavy atom. The molecule has 1 atom stereocenters. The third-order valence-electron chi connectivity index (χ3n) is 2.96. The molecule has 110 valence electrons. The first-order chi connectivity index (χ1) is 9.88. The number of benzene rings is 2. The van der Waals surface area contributed by atoms with Gasteiger partial charge >= 0.3 is 5.69 Å². The largest absolute Gasteiger partial charge is 0.450 e. The van der Waals surface area contributed by atoms with Gasteiger partial charge in [0.2, 0.25) is 5.75 Å². The average Bonchev–Trinajstić information content (AvgIpc) is 2.37. The molecule has 2 aromatic rings. The van der Waals surface area contributed by atoms with Gasteiger partial charge in [0, 0.05) is 6.07 Å². The van der Waals surface area contributed by atoms with Crippen molar-refractivity contribution in [2.75, 3.05) is 0 Å². The molecular weight excluding hydrogens is 294 g/mol. The van der Waals surface area contributed by atoms with Crippen LogP contribution in [0.5, 0.6) is 11.5 Å². The van der Waals surface area contributed by atoms with Crippen LogP contribution in [-0.2, 0) is 0 Å². The van der Waals surface area contributed by atoms with Crippen LogP contribution in [0.3, 0.4) is 0 Å². The SMILES string of the molecule is Cc1ccc([N+](=O)[O-])c(Oc2ccc(C(C)O)c(Cl)c2)c1. The fraction of sp³-hybridized carbons (Fsp3) is 0.200. The predicted octanol–water partition coefficient (Wildman–Crippen LogP) is 4.40. The number of aliphatic hydroxyl groups is 1. The van der Waals surface area contributed by atoms with E-state index in [2.05, 4.69) is 0 Å². The van der Waals surface area contributed by atoms with Gasteiger partial charge in [-0.2, -0.15) is 0 Å². The van der Waals surface area contributed by atoms with E-state index in [1.54, 1.807) is 31.2 Å². The molecule has 0 bridgehead atoms. The number of nitro groups is 1. The second-order valence-electron chi connectivity index (χ2n) is 4.69. The first-order valence-corrected chi connectivity index (χ1v) is 6.66. The van der Waals surface area contributed by atoms with Gasteiger partial charge in [-0.1, -0.05) is 23.7 Å². The van der Waals surface area contributed by atoms with Crippen LogP contribution in [0, 0.1) is 17.0 Å². The van der Waals surface area contributed by atoms with Crippen molar-refractivity contribution in [2.45, 2.75) is 20.0 Å². The molecule has 1 N–H and O–H groups in total. The normalized spacial score (nSPS) is 12.0. The minimum atomic E-state index is -0.695. The maximum atomic E-state index is 11.0. The first-order valence-electron chi connectivity index (χ1n) is 6.29. The number of aliphatic hydroxyl groups excluding tert-OH is 1. The van der Waals surface area contributed by atoms with Gasteiger partial charge < -0.3 is 9.84 Å². The number of aryl methyl sites for hydroxylation is 1. The van der Waals surface area contributed by atoms with Crippen LogP contribution in [0.4, 0.5) is 5.69 Å². The molecule has 2 rings (SSSR count). The average molecular weight is 308 g/mol. The van der Waals surface area contributed by atoms with E-state index in [0.29, 0.717) is 16.3 Å². The monoisotopic (exact) mass is 307 g/mol. The van der Waals surface area contributed by atoms with Crippen LogP contribution in [-0.4, -0.2) is 10.0 Å². The Bertz CT molecular complexity index is 685. The second-order valence-corrected chi connectivity index (χ2v) is 5.10. The number of nitrogens with zero attached hydrogens (tertiary/aromatic N) is 1. The topological polar surface area (TPSA) is 72.6 Å². The molecule has 0 aliphatic heterocycles. The summed E-state index contributed by atoms with van der Waals surface area (Å²) in [5.41, 5.74) is 1.31. The molecule has 0 aliphatic carbocycles. The number of halogens is 1. The van der Waals surface area contributed by atoms with Crippen molar-refractivity contribution in [1.82, 2.24) is 0 Å². The maximum Gasteiger partial charge on any atom is 0.311 e. The minimum absolute atomic E-state index is 0.115. The van der Waals surface area contributed by atoms with Crippen LogP contribution < -0.4 is 4.74 Å². The van der Waals surface area contributed by atoms with Crippen molar-refractivity contribution in [1.29, 1.82) is 0 Å². The molecule has 0 saturated carbocycles. The summed E-state index contributed by atoms with van der Waals surface area (Å²) >= 11 is 6.05. The lowest BCUT2D eigenvalue weighted by molar-refractivity contribution is -0.385. The highest BCUT2D eigenvalue weighted by Gasteiger charge is 2.16. The Balaban J connectivity index is 2.36. The van der Waals surface area contributed by atoms with E-state index in [0.717, 1.165) is 5.56 Å². The molecule has 0 saturated heterocycles. The summed E-state index contributed by atoms with van der Waals surface area (Å²) in [5.74, 6) is 0.527. The smallest absolute Gasteiger partial charge is 0.311 e. The third-order valence-corrected chi connectivity index (χ3v) is 3.29. The predicted molar refractivity (Wildman–Crippen MR) is 80.0 cm³/mol. The zero-order chi connectivity index (χ0) is 15.6. The molecule has 6 heteroatoms. The lowest BCUT2D eigenvalue weighted by atomic mass is 10.1. The van der Waals surface area contributed by atoms with Gasteiger partial charge in [-0.25, -0.2) is 0 Å². The van der Waals surface area contributed by atoms with E-state index in [1.807, 2.05) is 6.92 Å². The summed E-state index contributed by atoms with van der Waals surface area (Å²) in [7, 11) is 0. The van der Waals surface area contributed by atoms with Crippen LogP contribution in [0.1, 0.15) is 24.2 Å². The molecule has 0 spiro atoms. The van der Waals surface area contributed by atoms with E-state index in [-0.39, 0.29) is 11.4 Å². The number of hydrogen-bond acceptors (Lipinski definition) is 4. The molecule has 0 radical (unpaired) electrons. The molecule has 0 fully saturated rings. The van der Waals surface area contributed by atoms with Crippen LogP contribution in [0.25, 0.3) is 0 Å². The van der Waals surface area contributed by atoms with E-state index in [9.17, 15) is 15.2 Å². The molecule has 2 aromatic carbocycles. The van der Waals surface area contributed by atoms with Crippen molar-refractivity contribution in [3.05, 3.63) is 62.7 Å². The second kappa shape index (κ2) is 6.11. The van der Waals surface area contributed by atoms with Gasteiger partial charge in [-0.3, -0.25) is 10.1 Å². The van der Waals surface area contributed by atoms with Crippen LogP contribution in [0.2, 0.25) is 5.02 Å². The standard InChI is InChI=1S/C15H14ClNO4/c1-9-3-6-14(17(19)20)15(7-9)21-11-4-5-12(10(2)18)13(16)8-11/h3-8,10,18H,1-2H3. The number of nitro benzene ring substituents is 1. The van der Waals surface area contributed by atoms with Crippen LogP contribution >= 0.6 is 11.6 Å². The van der Waals surface area contributed by atoms with E-state index < -0.39 is 11.0 Å². The Morgan fingerprint density at radius 3 is 2.57 bits per heavy atom. The van der Waals surface area contributed by atoms with Gasteiger partial charge in [0.25, 0.3) is 0 Å². The van der Waals surface area contributed by atoms with Crippen molar-refractivity contribution in [2.24, 2.45) is 0 Å². The number of hydrogen-bond donors (Lipinski definition) is 1. The molecule has 5 nitrogen and oxygen atoms in total. The van der Waals surface area contributed by atoms with E-state index >= 15 is 0 Å². The molecule has 0 heterocycles. The lowest BCUT2D eigenvalue weighted by Crippen LogP contribution is -1.96. The van der Waals surface area contributed by atoms with Crippen molar-refractivity contribution in [3.8, 4) is 11.5 Å². The fourth-order valence-electron chi connectivity index (χ4n) is 1.89. The highest BCUT2D eigenvalue weighted by atomic mass is 35.5. The summed E-state index contributed by atoms with van der Waals surface area (Å²) in [5, 5.41) is 20.9. The van der Waals surface area contributed by atoms with Crippen molar-refractivity contribution in [3.63, 3.8) is 0 Å². The fourth-order valence-corrected chi connectivity index (χ4v) is 2.22. The zero-order valence-corrected chi connectivity index (χ0v) is 12.3. The summed E-state index contributed by atoms with van der Waals surface area (Å²) in [4.78, 5) is 10.5. The molecular formula is C15H14ClNO4.